The number of ether oxygens (including phenoxy) is 1. The molecule has 1 amide bonds. The lowest BCUT2D eigenvalue weighted by atomic mass is 10.00. The molecule has 1 aliphatic heterocycles. The molecule has 2 heterocycles. The van der Waals surface area contributed by atoms with E-state index in [1.165, 1.54) is 0 Å². The molecule has 1 atom stereocenters. The van der Waals surface area contributed by atoms with Gasteiger partial charge in [0, 0.05) is 29.8 Å². The maximum atomic E-state index is 13.3. The van der Waals surface area contributed by atoms with Crippen molar-refractivity contribution >= 4 is 5.91 Å². The minimum atomic E-state index is -0.170. The number of hydrogen-bond donors (Lipinski definition) is 1. The van der Waals surface area contributed by atoms with Crippen molar-refractivity contribution in [3.63, 3.8) is 0 Å². The normalized spacial score (nSPS) is 16.3. The minimum Gasteiger partial charge on any atom is -0.497 e. The van der Waals surface area contributed by atoms with E-state index in [1.807, 2.05) is 54.3 Å². The number of benzene rings is 2. The lowest BCUT2D eigenvalue weighted by Crippen LogP contribution is -2.35. The van der Waals surface area contributed by atoms with Crippen LogP contribution in [0.4, 0.5) is 0 Å². The van der Waals surface area contributed by atoms with Crippen molar-refractivity contribution in [2.75, 3.05) is 13.7 Å². The molecule has 3 aromatic rings. The van der Waals surface area contributed by atoms with Gasteiger partial charge in [-0.25, -0.2) is 4.98 Å². The van der Waals surface area contributed by atoms with Crippen LogP contribution in [-0.2, 0) is 11.2 Å². The average molecular weight is 446 g/mol. The van der Waals surface area contributed by atoms with Gasteiger partial charge in [0.25, 0.3) is 5.56 Å². The summed E-state index contributed by atoms with van der Waals surface area (Å²) in [5, 5.41) is 0. The van der Waals surface area contributed by atoms with Crippen LogP contribution in [0.5, 0.6) is 5.75 Å². The number of nitrogens with zero attached hydrogens (tertiary/aromatic N) is 2. The van der Waals surface area contributed by atoms with Crippen molar-refractivity contribution in [2.24, 2.45) is 0 Å². The van der Waals surface area contributed by atoms with Gasteiger partial charge >= 0.3 is 0 Å². The van der Waals surface area contributed by atoms with Gasteiger partial charge in [-0.1, -0.05) is 55.3 Å². The zero-order valence-electron chi connectivity index (χ0n) is 19.3. The smallest absolute Gasteiger partial charge is 0.254 e. The summed E-state index contributed by atoms with van der Waals surface area (Å²) < 4.78 is 5.28. The van der Waals surface area contributed by atoms with E-state index in [-0.39, 0.29) is 17.5 Å². The Kier molecular flexibility index (Phi) is 7.23. The van der Waals surface area contributed by atoms with E-state index < -0.39 is 0 Å². The lowest BCUT2D eigenvalue weighted by molar-refractivity contribution is -0.133. The van der Waals surface area contributed by atoms with Gasteiger partial charge in [-0.15, -0.1) is 0 Å². The number of rotatable bonds is 6. The fraction of sp³-hybridized carbons (Fsp3) is 0.370. The van der Waals surface area contributed by atoms with Crippen molar-refractivity contribution in [3.05, 3.63) is 81.8 Å². The predicted octanol–water partition coefficient (Wildman–Crippen LogP) is 4.83. The van der Waals surface area contributed by atoms with E-state index in [1.54, 1.807) is 7.11 Å². The molecule has 1 unspecified atom stereocenters. The number of H-pyrrole nitrogens is 1. The fourth-order valence-electron chi connectivity index (χ4n) is 4.59. The summed E-state index contributed by atoms with van der Waals surface area (Å²) in [5.74, 6) is 1.45. The Morgan fingerprint density at radius 2 is 1.85 bits per heavy atom. The number of carbonyl (C=O) groups is 1. The van der Waals surface area contributed by atoms with E-state index in [0.717, 1.165) is 49.1 Å². The standard InChI is InChI=1S/C27H31N3O3/c1-19-23(27(32)29-26(28-19)21-9-5-3-6-10-21)16-17-25(31)30-18-8-4-7-11-24(30)20-12-14-22(33-2)15-13-20/h3,5-6,9-10,12-15,24H,4,7-8,11,16-18H2,1-2H3,(H,28,29,32). The second kappa shape index (κ2) is 10.5. The second-order valence-corrected chi connectivity index (χ2v) is 8.57. The van der Waals surface area contributed by atoms with Crippen molar-refractivity contribution in [1.82, 2.24) is 14.9 Å². The first kappa shape index (κ1) is 22.8. The molecule has 1 aromatic heterocycles. The summed E-state index contributed by atoms with van der Waals surface area (Å²) in [6, 6.07) is 17.7. The molecule has 4 rings (SSSR count). The van der Waals surface area contributed by atoms with Crippen LogP contribution in [0, 0.1) is 6.92 Å². The van der Waals surface area contributed by atoms with E-state index in [2.05, 4.69) is 22.1 Å². The zero-order valence-corrected chi connectivity index (χ0v) is 19.3. The van der Waals surface area contributed by atoms with E-state index in [0.29, 0.717) is 29.9 Å². The Labute approximate surface area is 194 Å². The van der Waals surface area contributed by atoms with Gasteiger partial charge < -0.3 is 14.6 Å². The molecule has 6 heteroatoms. The number of likely N-dealkylation sites (tertiary alicyclic amines) is 1. The fourth-order valence-corrected chi connectivity index (χ4v) is 4.59. The van der Waals surface area contributed by atoms with Crippen molar-refractivity contribution < 1.29 is 9.53 Å². The minimum absolute atomic E-state index is 0.0591. The predicted molar refractivity (Wildman–Crippen MR) is 129 cm³/mol. The Bertz CT molecular complexity index is 1140. The number of hydrogen-bond acceptors (Lipinski definition) is 4. The summed E-state index contributed by atoms with van der Waals surface area (Å²) in [5.41, 5.74) is 3.09. The monoisotopic (exact) mass is 445 g/mol. The van der Waals surface area contributed by atoms with Gasteiger partial charge in [-0.2, -0.15) is 0 Å². The number of aromatic nitrogens is 2. The highest BCUT2D eigenvalue weighted by molar-refractivity contribution is 5.77. The molecule has 0 saturated carbocycles. The number of aryl methyl sites for hydroxylation is 1. The van der Waals surface area contributed by atoms with Crippen LogP contribution < -0.4 is 10.3 Å². The Morgan fingerprint density at radius 1 is 1.09 bits per heavy atom. The zero-order chi connectivity index (χ0) is 23.2. The molecule has 0 spiro atoms. The first-order chi connectivity index (χ1) is 16.1. The van der Waals surface area contributed by atoms with Crippen LogP contribution in [0.15, 0.2) is 59.4 Å². The van der Waals surface area contributed by atoms with Crippen LogP contribution in [0.2, 0.25) is 0 Å². The van der Waals surface area contributed by atoms with Crippen LogP contribution >= 0.6 is 0 Å². The number of aromatic amines is 1. The number of amides is 1. The molecule has 1 N–H and O–H groups in total. The molecule has 1 aliphatic rings. The number of carbonyl (C=O) groups excluding carboxylic acids is 1. The first-order valence-corrected chi connectivity index (χ1v) is 11.7. The number of nitrogens with one attached hydrogen (secondary N) is 1. The lowest BCUT2D eigenvalue weighted by Gasteiger charge is -2.31. The highest BCUT2D eigenvalue weighted by atomic mass is 16.5. The molecule has 0 bridgehead atoms. The molecule has 0 aliphatic carbocycles. The summed E-state index contributed by atoms with van der Waals surface area (Å²) in [4.78, 5) is 35.6. The highest BCUT2D eigenvalue weighted by Gasteiger charge is 2.27. The van der Waals surface area contributed by atoms with Crippen LogP contribution in [-0.4, -0.2) is 34.4 Å². The van der Waals surface area contributed by atoms with E-state index in [4.69, 9.17) is 4.74 Å². The molecule has 1 saturated heterocycles. The third kappa shape index (κ3) is 5.33. The van der Waals surface area contributed by atoms with Crippen LogP contribution in [0.1, 0.15) is 55.0 Å². The van der Waals surface area contributed by atoms with Gasteiger partial charge in [-0.05, 0) is 43.9 Å². The summed E-state index contributed by atoms with van der Waals surface area (Å²) in [6.07, 6.45) is 4.86. The summed E-state index contributed by atoms with van der Waals surface area (Å²) in [7, 11) is 1.65. The van der Waals surface area contributed by atoms with Crippen molar-refractivity contribution in [3.8, 4) is 17.1 Å². The molecular weight excluding hydrogens is 414 g/mol. The summed E-state index contributed by atoms with van der Waals surface area (Å²) in [6.45, 7) is 2.59. The Hall–Kier alpha value is -3.41. The first-order valence-electron chi connectivity index (χ1n) is 11.7. The van der Waals surface area contributed by atoms with Crippen LogP contribution in [0.25, 0.3) is 11.4 Å². The van der Waals surface area contributed by atoms with Gasteiger partial charge in [0.15, 0.2) is 0 Å². The van der Waals surface area contributed by atoms with Gasteiger partial charge in [-0.3, -0.25) is 9.59 Å². The average Bonchev–Trinajstić information content (AvgIpc) is 3.10. The van der Waals surface area contributed by atoms with Gasteiger partial charge in [0.05, 0.1) is 13.2 Å². The molecule has 1 fully saturated rings. The molecule has 172 valence electrons. The molecule has 0 radical (unpaired) electrons. The molecule has 2 aromatic carbocycles. The molecular formula is C27H31N3O3. The second-order valence-electron chi connectivity index (χ2n) is 8.57. The Morgan fingerprint density at radius 3 is 2.55 bits per heavy atom. The quantitative estimate of drug-likeness (QED) is 0.590. The highest BCUT2D eigenvalue weighted by Crippen LogP contribution is 2.31. The van der Waals surface area contributed by atoms with E-state index in [9.17, 15) is 9.59 Å². The third-order valence-electron chi connectivity index (χ3n) is 6.43. The van der Waals surface area contributed by atoms with Crippen LogP contribution in [0.3, 0.4) is 0 Å². The Balaban J connectivity index is 1.50. The summed E-state index contributed by atoms with van der Waals surface area (Å²) >= 11 is 0. The van der Waals surface area contributed by atoms with Crippen molar-refractivity contribution in [2.45, 2.75) is 51.5 Å². The maximum absolute atomic E-state index is 13.3. The topological polar surface area (TPSA) is 75.3 Å². The SMILES string of the molecule is COc1ccc(C2CCCCCN2C(=O)CCc2c(C)nc(-c3ccccc3)[nH]c2=O)cc1. The largest absolute Gasteiger partial charge is 0.497 e. The van der Waals surface area contributed by atoms with Crippen molar-refractivity contribution in [1.29, 1.82) is 0 Å². The van der Waals surface area contributed by atoms with Gasteiger partial charge in [0.1, 0.15) is 11.6 Å². The number of methoxy groups -OCH3 is 1. The van der Waals surface area contributed by atoms with Gasteiger partial charge in [0.2, 0.25) is 5.91 Å². The van der Waals surface area contributed by atoms with E-state index >= 15 is 0 Å². The third-order valence-corrected chi connectivity index (χ3v) is 6.43. The molecule has 6 nitrogen and oxygen atoms in total. The molecule has 33 heavy (non-hydrogen) atoms. The maximum Gasteiger partial charge on any atom is 0.254 e.